The summed E-state index contributed by atoms with van der Waals surface area (Å²) in [7, 11) is 0. The standard InChI is InChI=1S/C16H6F15NO/c17-10(18,9-6-8(33-32-9)7-4-2-1-3-5-7)11(19,20)12(21,22)13(23,24)14(25,26)15(27,28)16(29,30)31/h1-6H. The van der Waals surface area contributed by atoms with Crippen molar-refractivity contribution in [2.75, 3.05) is 0 Å². The second-order valence-corrected chi connectivity index (χ2v) is 6.39. The van der Waals surface area contributed by atoms with E-state index >= 15 is 0 Å². The first-order valence-corrected chi connectivity index (χ1v) is 7.93. The average Bonchev–Trinajstić information content (AvgIpc) is 3.18. The number of hydrogen-bond acceptors (Lipinski definition) is 2. The fraction of sp³-hybridized carbons (Fsp3) is 0.438. The van der Waals surface area contributed by atoms with Crippen LogP contribution in [0.1, 0.15) is 5.69 Å². The highest BCUT2D eigenvalue weighted by molar-refractivity contribution is 5.57. The van der Waals surface area contributed by atoms with Crippen LogP contribution < -0.4 is 0 Å². The molecule has 0 aliphatic heterocycles. The van der Waals surface area contributed by atoms with Crippen molar-refractivity contribution in [3.05, 3.63) is 42.1 Å². The zero-order valence-electron chi connectivity index (χ0n) is 15.0. The molecule has 0 unspecified atom stereocenters. The molecule has 0 spiro atoms. The Balaban J connectivity index is 2.57. The van der Waals surface area contributed by atoms with Crippen molar-refractivity contribution in [2.24, 2.45) is 0 Å². The van der Waals surface area contributed by atoms with Crippen molar-refractivity contribution >= 4 is 0 Å². The zero-order valence-corrected chi connectivity index (χ0v) is 15.0. The van der Waals surface area contributed by atoms with Gasteiger partial charge in [-0.15, -0.1) is 0 Å². The molecule has 1 heterocycles. The van der Waals surface area contributed by atoms with E-state index in [1.165, 1.54) is 18.2 Å². The van der Waals surface area contributed by atoms with Gasteiger partial charge in [0.1, 0.15) is 0 Å². The third-order valence-corrected chi connectivity index (χ3v) is 4.22. The van der Waals surface area contributed by atoms with Crippen molar-refractivity contribution in [1.82, 2.24) is 5.16 Å². The zero-order chi connectivity index (χ0) is 25.9. The van der Waals surface area contributed by atoms with Gasteiger partial charge in [-0.25, -0.2) is 0 Å². The fourth-order valence-corrected chi connectivity index (χ4v) is 2.29. The maximum absolute atomic E-state index is 14.1. The summed E-state index contributed by atoms with van der Waals surface area (Å²) in [6.45, 7) is 0. The maximum Gasteiger partial charge on any atom is 0.460 e. The lowest BCUT2D eigenvalue weighted by Gasteiger charge is -2.41. The second kappa shape index (κ2) is 7.44. The topological polar surface area (TPSA) is 26.0 Å². The Kier molecular flexibility index (Phi) is 6.01. The molecule has 0 saturated heterocycles. The molecule has 0 aliphatic carbocycles. The van der Waals surface area contributed by atoms with E-state index in [-0.39, 0.29) is 11.6 Å². The van der Waals surface area contributed by atoms with Crippen LogP contribution in [0.4, 0.5) is 65.9 Å². The van der Waals surface area contributed by atoms with Gasteiger partial charge < -0.3 is 4.52 Å². The fourth-order valence-electron chi connectivity index (χ4n) is 2.29. The molecule has 0 radical (unpaired) electrons. The predicted molar refractivity (Wildman–Crippen MR) is 76.6 cm³/mol. The van der Waals surface area contributed by atoms with Crippen LogP contribution in [0.3, 0.4) is 0 Å². The van der Waals surface area contributed by atoms with E-state index in [0.29, 0.717) is 0 Å². The monoisotopic (exact) mass is 513 g/mol. The number of nitrogens with zero attached hydrogens (tertiary/aromatic N) is 1. The third kappa shape index (κ3) is 3.59. The van der Waals surface area contributed by atoms with E-state index in [1.54, 1.807) is 0 Å². The van der Waals surface area contributed by atoms with Crippen molar-refractivity contribution in [3.63, 3.8) is 0 Å². The summed E-state index contributed by atoms with van der Waals surface area (Å²) in [6, 6.07) is 5.83. The van der Waals surface area contributed by atoms with Crippen molar-refractivity contribution in [3.8, 4) is 11.3 Å². The second-order valence-electron chi connectivity index (χ2n) is 6.39. The van der Waals surface area contributed by atoms with E-state index in [0.717, 1.165) is 12.1 Å². The predicted octanol–water partition coefficient (Wildman–Crippen LogP) is 7.17. The molecule has 1 aromatic carbocycles. The molecule has 2 nitrogen and oxygen atoms in total. The number of rotatable bonds is 7. The molecule has 2 rings (SSSR count). The van der Waals surface area contributed by atoms with Crippen LogP contribution in [0.15, 0.2) is 40.9 Å². The van der Waals surface area contributed by atoms with Crippen LogP contribution in [-0.4, -0.2) is 40.9 Å². The summed E-state index contributed by atoms with van der Waals surface area (Å²) >= 11 is 0. The molecule has 2 aromatic rings. The first-order valence-electron chi connectivity index (χ1n) is 7.93. The molecule has 0 atom stereocenters. The van der Waals surface area contributed by atoms with Crippen LogP contribution in [-0.2, 0) is 5.92 Å². The van der Waals surface area contributed by atoms with Crippen molar-refractivity contribution in [2.45, 2.75) is 41.7 Å². The van der Waals surface area contributed by atoms with Crippen molar-refractivity contribution in [1.29, 1.82) is 0 Å². The molecule has 17 heteroatoms. The Morgan fingerprint density at radius 1 is 0.545 bits per heavy atom. The molecule has 0 fully saturated rings. The minimum Gasteiger partial charge on any atom is -0.356 e. The lowest BCUT2D eigenvalue weighted by Crippen LogP contribution is -2.72. The Hall–Kier alpha value is -2.62. The first kappa shape index (κ1) is 26.6. The Morgan fingerprint density at radius 3 is 1.42 bits per heavy atom. The van der Waals surface area contributed by atoms with Gasteiger partial charge in [-0.05, 0) is 0 Å². The smallest absolute Gasteiger partial charge is 0.356 e. The molecule has 0 bridgehead atoms. The minimum absolute atomic E-state index is 0.181. The molecular formula is C16H6F15NO. The van der Waals surface area contributed by atoms with E-state index in [4.69, 9.17) is 0 Å². The van der Waals surface area contributed by atoms with Gasteiger partial charge in [-0.3, -0.25) is 0 Å². The van der Waals surface area contributed by atoms with Gasteiger partial charge in [-0.2, -0.15) is 65.9 Å². The van der Waals surface area contributed by atoms with Crippen LogP contribution >= 0.6 is 0 Å². The molecular weight excluding hydrogens is 507 g/mol. The summed E-state index contributed by atoms with van der Waals surface area (Å²) in [6.07, 6.45) is -7.65. The highest BCUT2D eigenvalue weighted by atomic mass is 19.4. The number of aromatic nitrogens is 1. The molecule has 33 heavy (non-hydrogen) atoms. The highest BCUT2D eigenvalue weighted by Crippen LogP contribution is 2.63. The Labute approximate surface area is 171 Å². The van der Waals surface area contributed by atoms with Crippen LogP contribution in [0.25, 0.3) is 11.3 Å². The lowest BCUT2D eigenvalue weighted by molar-refractivity contribution is -0.454. The van der Waals surface area contributed by atoms with Crippen LogP contribution in [0.5, 0.6) is 0 Å². The van der Waals surface area contributed by atoms with Crippen molar-refractivity contribution < 1.29 is 70.4 Å². The lowest BCUT2D eigenvalue weighted by atomic mass is 9.90. The van der Waals surface area contributed by atoms with E-state index < -0.39 is 53.2 Å². The normalized spacial score (nSPS) is 15.1. The maximum atomic E-state index is 14.1. The van der Waals surface area contributed by atoms with Gasteiger partial charge in [0, 0.05) is 11.6 Å². The van der Waals surface area contributed by atoms with Gasteiger partial charge in [0.2, 0.25) is 0 Å². The van der Waals surface area contributed by atoms with Crippen LogP contribution in [0.2, 0.25) is 0 Å². The molecule has 0 amide bonds. The molecule has 0 aliphatic rings. The third-order valence-electron chi connectivity index (χ3n) is 4.22. The van der Waals surface area contributed by atoms with E-state index in [2.05, 4.69) is 9.68 Å². The quantitative estimate of drug-likeness (QED) is 0.367. The van der Waals surface area contributed by atoms with Gasteiger partial charge >= 0.3 is 41.7 Å². The van der Waals surface area contributed by atoms with E-state index in [1.807, 2.05) is 0 Å². The number of alkyl halides is 15. The van der Waals surface area contributed by atoms with Gasteiger partial charge in [0.25, 0.3) is 0 Å². The minimum atomic E-state index is -8.35. The molecule has 1 aromatic heterocycles. The van der Waals surface area contributed by atoms with Crippen LogP contribution in [0, 0.1) is 0 Å². The van der Waals surface area contributed by atoms with Gasteiger partial charge in [-0.1, -0.05) is 35.5 Å². The first-order chi connectivity index (χ1) is 14.6. The summed E-state index contributed by atoms with van der Waals surface area (Å²) in [5.74, 6) is -48.0. The molecule has 0 N–H and O–H groups in total. The molecule has 186 valence electrons. The highest BCUT2D eigenvalue weighted by Gasteiger charge is 2.93. The summed E-state index contributed by atoms with van der Waals surface area (Å²) in [4.78, 5) is 0. The van der Waals surface area contributed by atoms with Gasteiger partial charge in [0.05, 0.1) is 0 Å². The number of halogens is 15. The largest absolute Gasteiger partial charge is 0.460 e. The number of benzene rings is 1. The van der Waals surface area contributed by atoms with E-state index in [9.17, 15) is 65.9 Å². The summed E-state index contributed by atoms with van der Waals surface area (Å²) < 4.78 is 202. The Morgan fingerprint density at radius 2 is 0.970 bits per heavy atom. The number of hydrogen-bond donors (Lipinski definition) is 0. The summed E-state index contributed by atoms with van der Waals surface area (Å²) in [5, 5.41) is 2.28. The van der Waals surface area contributed by atoms with Gasteiger partial charge in [0.15, 0.2) is 11.5 Å². The Bertz CT molecular complexity index is 977. The summed E-state index contributed by atoms with van der Waals surface area (Å²) in [5.41, 5.74) is -2.73. The SMILES string of the molecule is FC(F)(F)C(F)(F)C(F)(F)C(F)(F)C(F)(F)C(F)(F)C(F)(F)c1cc(-c2ccccc2)on1. The average molecular weight is 513 g/mol. The molecule has 0 saturated carbocycles.